The molecule has 2 aromatic heterocycles. The van der Waals surface area contributed by atoms with Crippen molar-refractivity contribution in [2.75, 3.05) is 24.5 Å². The van der Waals surface area contributed by atoms with Gasteiger partial charge in [-0.2, -0.15) is 13.2 Å². The second-order valence-electron chi connectivity index (χ2n) is 8.47. The van der Waals surface area contributed by atoms with Crippen molar-refractivity contribution in [3.05, 3.63) is 75.6 Å². The molecule has 1 aliphatic rings. The first-order valence-electron chi connectivity index (χ1n) is 11.3. The Morgan fingerprint density at radius 2 is 1.97 bits per heavy atom. The lowest BCUT2D eigenvalue weighted by Crippen LogP contribution is -2.57. The van der Waals surface area contributed by atoms with E-state index in [2.05, 4.69) is 41.6 Å². The number of fused-ring (bicyclic) bond motifs is 1. The average Bonchev–Trinajstić information content (AvgIpc) is 3.33. The van der Waals surface area contributed by atoms with E-state index in [0.717, 1.165) is 22.2 Å². The Morgan fingerprint density at radius 3 is 2.70 bits per heavy atom. The molecule has 192 valence electrons. The fraction of sp³-hybridized carbons (Fsp3) is 0.250. The molecular weight excluding hydrogens is 575 g/mol. The summed E-state index contributed by atoms with van der Waals surface area (Å²) in [5, 5.41) is 11.8. The Kier molecular flexibility index (Phi) is 7.06. The summed E-state index contributed by atoms with van der Waals surface area (Å²) in [5.41, 5.74) is 1.00. The molecule has 0 aliphatic carbocycles. The number of hydrogen-bond acceptors (Lipinski definition) is 6. The van der Waals surface area contributed by atoms with Crippen molar-refractivity contribution >= 4 is 50.3 Å². The molecule has 0 radical (unpaired) electrons. The standard InChI is InChI=1S/C24H20BrClF3N7O/c25-18-6-1-14(9-19(18)26)10-31-23(37)20-12-35(8-7-30-20)22-17-11-36(34-21(17)32-13-33-22)16-4-2-15(3-5-16)24(27,28)29/h1-6,9,11,13,20,30H,7-8,10,12H2,(H,31,37). The normalized spacial score (nSPS) is 16.2. The van der Waals surface area contributed by atoms with Gasteiger partial charge in [-0.3, -0.25) is 4.79 Å². The summed E-state index contributed by atoms with van der Waals surface area (Å²) in [6.45, 7) is 1.86. The number of amides is 1. The lowest BCUT2D eigenvalue weighted by molar-refractivity contribution is -0.137. The molecule has 0 saturated carbocycles. The van der Waals surface area contributed by atoms with Crippen LogP contribution in [0.2, 0.25) is 5.02 Å². The summed E-state index contributed by atoms with van der Waals surface area (Å²) in [7, 11) is 0. The summed E-state index contributed by atoms with van der Waals surface area (Å²) in [6.07, 6.45) is -1.35. The Balaban J connectivity index is 1.32. The molecule has 13 heteroatoms. The maximum absolute atomic E-state index is 12.9. The summed E-state index contributed by atoms with van der Waals surface area (Å²) in [5.74, 6) is 0.441. The van der Waals surface area contributed by atoms with E-state index in [4.69, 9.17) is 11.6 Å². The van der Waals surface area contributed by atoms with Gasteiger partial charge in [0.05, 0.1) is 21.7 Å². The zero-order valence-corrected chi connectivity index (χ0v) is 21.5. The maximum atomic E-state index is 12.9. The number of anilines is 1. The number of hydrogen-bond donors (Lipinski definition) is 2. The van der Waals surface area contributed by atoms with Gasteiger partial charge in [0.15, 0.2) is 5.65 Å². The van der Waals surface area contributed by atoms with Crippen LogP contribution in [-0.2, 0) is 17.5 Å². The van der Waals surface area contributed by atoms with Crippen LogP contribution in [0.15, 0.2) is 59.5 Å². The molecule has 2 N–H and O–H groups in total. The van der Waals surface area contributed by atoms with Crippen molar-refractivity contribution in [3.8, 4) is 5.69 Å². The Bertz CT molecular complexity index is 1440. The lowest BCUT2D eigenvalue weighted by Gasteiger charge is -2.33. The van der Waals surface area contributed by atoms with E-state index in [0.29, 0.717) is 53.7 Å². The summed E-state index contributed by atoms with van der Waals surface area (Å²) >= 11 is 9.49. The van der Waals surface area contributed by atoms with Gasteiger partial charge in [0.25, 0.3) is 0 Å². The average molecular weight is 595 g/mol. The summed E-state index contributed by atoms with van der Waals surface area (Å²) in [6, 6.07) is 9.75. The van der Waals surface area contributed by atoms with Crippen LogP contribution in [-0.4, -0.2) is 51.3 Å². The van der Waals surface area contributed by atoms with Crippen LogP contribution in [0.3, 0.4) is 0 Å². The molecule has 0 bridgehead atoms. The first kappa shape index (κ1) is 25.4. The molecule has 3 heterocycles. The molecule has 5 rings (SSSR count). The van der Waals surface area contributed by atoms with Crippen molar-refractivity contribution < 1.29 is 18.0 Å². The number of carbonyl (C=O) groups excluding carboxylic acids is 1. The highest BCUT2D eigenvalue weighted by molar-refractivity contribution is 9.10. The molecular formula is C24H20BrClF3N7O. The lowest BCUT2D eigenvalue weighted by atomic mass is 10.1. The molecule has 1 saturated heterocycles. The first-order chi connectivity index (χ1) is 17.7. The highest BCUT2D eigenvalue weighted by Gasteiger charge is 2.30. The van der Waals surface area contributed by atoms with E-state index in [1.54, 1.807) is 12.3 Å². The molecule has 1 aliphatic heterocycles. The third-order valence-electron chi connectivity index (χ3n) is 6.00. The Morgan fingerprint density at radius 1 is 1.19 bits per heavy atom. The SMILES string of the molecule is O=C(NCc1ccc(Br)c(Cl)c1)C1CN(c2ncnc3nn(-c4ccc(C(F)(F)F)cc4)cc23)CCN1. The molecule has 1 unspecified atom stereocenters. The number of halogens is 5. The number of nitrogens with one attached hydrogen (secondary N) is 2. The van der Waals surface area contributed by atoms with Gasteiger partial charge in [0.2, 0.25) is 5.91 Å². The Hall–Kier alpha value is -3.22. The van der Waals surface area contributed by atoms with Crippen LogP contribution in [0.4, 0.5) is 19.0 Å². The van der Waals surface area contributed by atoms with E-state index in [1.807, 2.05) is 17.0 Å². The highest BCUT2D eigenvalue weighted by atomic mass is 79.9. The predicted octanol–water partition coefficient (Wildman–Crippen LogP) is 4.34. The molecule has 4 aromatic rings. The molecule has 1 amide bonds. The Labute approximate surface area is 223 Å². The minimum absolute atomic E-state index is 0.158. The molecule has 2 aromatic carbocycles. The first-order valence-corrected chi connectivity index (χ1v) is 12.4. The molecule has 0 spiro atoms. The van der Waals surface area contributed by atoms with E-state index < -0.39 is 17.8 Å². The minimum atomic E-state index is -4.41. The van der Waals surface area contributed by atoms with Crippen LogP contribution < -0.4 is 15.5 Å². The number of aromatic nitrogens is 4. The number of rotatable bonds is 5. The second kappa shape index (κ2) is 10.3. The number of piperazine rings is 1. The number of benzene rings is 2. The topological polar surface area (TPSA) is 88.0 Å². The van der Waals surface area contributed by atoms with Crippen LogP contribution in [0, 0.1) is 0 Å². The molecule has 37 heavy (non-hydrogen) atoms. The largest absolute Gasteiger partial charge is 0.416 e. The third kappa shape index (κ3) is 5.55. The summed E-state index contributed by atoms with van der Waals surface area (Å²) in [4.78, 5) is 23.5. The van der Waals surface area contributed by atoms with Crippen LogP contribution in [0.1, 0.15) is 11.1 Å². The third-order valence-corrected chi connectivity index (χ3v) is 7.23. The van der Waals surface area contributed by atoms with E-state index in [9.17, 15) is 18.0 Å². The van der Waals surface area contributed by atoms with Crippen molar-refractivity contribution in [1.29, 1.82) is 0 Å². The maximum Gasteiger partial charge on any atom is 0.416 e. The fourth-order valence-corrected chi connectivity index (χ4v) is 4.54. The van der Waals surface area contributed by atoms with Crippen molar-refractivity contribution in [3.63, 3.8) is 0 Å². The minimum Gasteiger partial charge on any atom is -0.353 e. The monoisotopic (exact) mass is 593 g/mol. The van der Waals surface area contributed by atoms with Crippen molar-refractivity contribution in [1.82, 2.24) is 30.4 Å². The van der Waals surface area contributed by atoms with Gasteiger partial charge in [0, 0.05) is 36.8 Å². The van der Waals surface area contributed by atoms with Crippen LogP contribution >= 0.6 is 27.5 Å². The van der Waals surface area contributed by atoms with E-state index in [-0.39, 0.29) is 5.91 Å². The predicted molar refractivity (Wildman–Crippen MR) is 137 cm³/mol. The highest BCUT2D eigenvalue weighted by Crippen LogP contribution is 2.30. The smallest absolute Gasteiger partial charge is 0.353 e. The van der Waals surface area contributed by atoms with Gasteiger partial charge in [0.1, 0.15) is 18.2 Å². The van der Waals surface area contributed by atoms with Gasteiger partial charge in [-0.1, -0.05) is 17.7 Å². The van der Waals surface area contributed by atoms with Gasteiger partial charge in [-0.15, -0.1) is 5.10 Å². The molecule has 8 nitrogen and oxygen atoms in total. The van der Waals surface area contributed by atoms with Gasteiger partial charge >= 0.3 is 6.18 Å². The molecule has 1 atom stereocenters. The van der Waals surface area contributed by atoms with E-state index >= 15 is 0 Å². The van der Waals surface area contributed by atoms with Crippen molar-refractivity contribution in [2.45, 2.75) is 18.8 Å². The van der Waals surface area contributed by atoms with Crippen LogP contribution in [0.5, 0.6) is 0 Å². The number of alkyl halides is 3. The van der Waals surface area contributed by atoms with E-state index in [1.165, 1.54) is 23.1 Å². The van der Waals surface area contributed by atoms with Crippen molar-refractivity contribution in [2.24, 2.45) is 0 Å². The van der Waals surface area contributed by atoms with Crippen LogP contribution in [0.25, 0.3) is 16.7 Å². The quantitative estimate of drug-likeness (QED) is 0.358. The van der Waals surface area contributed by atoms with Gasteiger partial charge in [-0.05, 0) is 57.9 Å². The van der Waals surface area contributed by atoms with Gasteiger partial charge < -0.3 is 15.5 Å². The zero-order valence-electron chi connectivity index (χ0n) is 19.1. The van der Waals surface area contributed by atoms with Gasteiger partial charge in [-0.25, -0.2) is 14.6 Å². The second-order valence-corrected chi connectivity index (χ2v) is 9.73. The number of nitrogens with zero attached hydrogens (tertiary/aromatic N) is 5. The zero-order chi connectivity index (χ0) is 26.2. The number of carbonyl (C=O) groups is 1. The summed E-state index contributed by atoms with van der Waals surface area (Å²) < 4.78 is 41.0. The molecule has 1 fully saturated rings. The fourth-order valence-electron chi connectivity index (χ4n) is 4.09.